The van der Waals surface area contributed by atoms with Crippen LogP contribution in [0.5, 0.6) is 0 Å². The summed E-state index contributed by atoms with van der Waals surface area (Å²) in [6, 6.07) is 3.58. The fraction of sp³-hybridized carbons (Fsp3) is 1.00. The molecule has 1 nitrogen and oxygen atoms in total. The first-order valence-corrected chi connectivity index (χ1v) is 24.0. The van der Waals surface area contributed by atoms with Crippen LogP contribution in [0.3, 0.4) is 0 Å². The molecule has 1 N–H and O–H groups in total. The van der Waals surface area contributed by atoms with Gasteiger partial charge < -0.3 is 4.80 Å². The molecular weight excluding hydrogens is 549 g/mol. The zero-order valence-corrected chi connectivity index (χ0v) is 32.5. The number of hydrogen-bond acceptors (Lipinski definition) is 1. The van der Waals surface area contributed by atoms with Crippen LogP contribution in [0.2, 0.25) is 18.1 Å². The molecule has 0 rings (SSSR count). The third-order valence-corrected chi connectivity index (χ3v) is 14.3. The summed E-state index contributed by atoms with van der Waals surface area (Å²) in [5.41, 5.74) is 0. The lowest BCUT2D eigenvalue weighted by molar-refractivity contribution is 0.491. The highest BCUT2D eigenvalue weighted by atomic mass is 28.4. The van der Waals surface area contributed by atoms with Gasteiger partial charge in [0.2, 0.25) is 0 Å². The van der Waals surface area contributed by atoms with Crippen LogP contribution in [-0.2, 0) is 0 Å². The highest BCUT2D eigenvalue weighted by Gasteiger charge is 2.29. The van der Waals surface area contributed by atoms with Gasteiger partial charge in [-0.3, -0.25) is 0 Å². The zero-order chi connectivity index (χ0) is 32.1. The summed E-state index contributed by atoms with van der Waals surface area (Å²) in [5, 5.41) is 0. The molecule has 0 amide bonds. The molecule has 0 aromatic heterocycles. The van der Waals surface area contributed by atoms with Gasteiger partial charge in [-0.25, -0.2) is 0 Å². The molecule has 0 unspecified atom stereocenters. The minimum Gasteiger partial charge on any atom is -0.432 e. The van der Waals surface area contributed by atoms with Gasteiger partial charge in [-0.15, -0.1) is 0 Å². The second-order valence-electron chi connectivity index (χ2n) is 15.1. The molecule has 0 atom stereocenters. The van der Waals surface area contributed by atoms with Gasteiger partial charge in [-0.2, -0.15) is 0 Å². The molecule has 0 spiro atoms. The van der Waals surface area contributed by atoms with Gasteiger partial charge in [0.1, 0.15) is 0 Å². The van der Waals surface area contributed by atoms with Gasteiger partial charge in [-0.1, -0.05) is 252 Å². The van der Waals surface area contributed by atoms with Crippen molar-refractivity contribution in [1.29, 1.82) is 0 Å². The smallest absolute Gasteiger partial charge is 0.188 e. The summed E-state index contributed by atoms with van der Waals surface area (Å²) in [6.45, 7) is 6.92. The standard InChI is InChI=1S/C42H88OSi/c1-4-7-10-13-16-19-22-25-28-31-34-37-40-44(43,41-38-35-32-29-26-23-20-17-14-11-8-5-2)42-39-36-33-30-27-24-21-18-15-12-9-6-3/h43H,4-42H2,1-3H3. The summed E-state index contributed by atoms with van der Waals surface area (Å²) < 4.78 is 0. The van der Waals surface area contributed by atoms with Crippen LogP contribution >= 0.6 is 0 Å². The molecule has 0 aromatic carbocycles. The molecule has 44 heavy (non-hydrogen) atoms. The molecule has 266 valence electrons. The van der Waals surface area contributed by atoms with Crippen molar-refractivity contribution < 1.29 is 4.80 Å². The Morgan fingerprint density at radius 2 is 0.364 bits per heavy atom. The Hall–Kier alpha value is 0.177. The van der Waals surface area contributed by atoms with E-state index in [1.54, 1.807) is 0 Å². The van der Waals surface area contributed by atoms with E-state index in [9.17, 15) is 4.80 Å². The molecule has 0 heterocycles. The van der Waals surface area contributed by atoms with E-state index in [1.807, 2.05) is 0 Å². The Balaban J connectivity index is 4.06. The molecule has 2 heteroatoms. The van der Waals surface area contributed by atoms with E-state index in [-0.39, 0.29) is 0 Å². The van der Waals surface area contributed by atoms with Gasteiger partial charge in [0.05, 0.1) is 0 Å². The van der Waals surface area contributed by atoms with Crippen LogP contribution in [0.15, 0.2) is 0 Å². The molecule has 0 aliphatic heterocycles. The molecule has 0 radical (unpaired) electrons. The van der Waals surface area contributed by atoms with Crippen molar-refractivity contribution >= 4 is 8.32 Å². The summed E-state index contributed by atoms with van der Waals surface area (Å²) in [5.74, 6) is 0. The topological polar surface area (TPSA) is 20.2 Å². The minimum absolute atomic E-state index is 1.19. The predicted molar refractivity (Wildman–Crippen MR) is 206 cm³/mol. The lowest BCUT2D eigenvalue weighted by Crippen LogP contribution is -2.34. The predicted octanol–water partition coefficient (Wildman–Crippen LogP) is 16.0. The monoisotopic (exact) mass is 637 g/mol. The molecule has 0 aromatic rings. The van der Waals surface area contributed by atoms with Crippen LogP contribution in [0.25, 0.3) is 0 Å². The first-order valence-electron chi connectivity index (χ1n) is 21.4. The number of hydrogen-bond donors (Lipinski definition) is 1. The first-order chi connectivity index (χ1) is 21.7. The third kappa shape index (κ3) is 35.0. The number of rotatable bonds is 39. The SMILES string of the molecule is CCCCCCCCCCCCCC[Si](O)(CCCCCCCCCCCCCC)CCCCCCCCCCCCCC. The maximum atomic E-state index is 11.8. The van der Waals surface area contributed by atoms with Crippen LogP contribution in [0.1, 0.15) is 252 Å². The maximum Gasteiger partial charge on any atom is 0.188 e. The lowest BCUT2D eigenvalue weighted by atomic mass is 10.1. The van der Waals surface area contributed by atoms with Gasteiger partial charge in [0.25, 0.3) is 0 Å². The molecule has 0 saturated carbocycles. The minimum atomic E-state index is -2.04. The van der Waals surface area contributed by atoms with E-state index in [0.717, 1.165) is 0 Å². The Bertz CT molecular complexity index is 437. The van der Waals surface area contributed by atoms with E-state index in [0.29, 0.717) is 0 Å². The van der Waals surface area contributed by atoms with Crippen LogP contribution < -0.4 is 0 Å². The molecule has 0 saturated heterocycles. The van der Waals surface area contributed by atoms with Gasteiger partial charge in [-0.05, 0) is 18.1 Å². The van der Waals surface area contributed by atoms with E-state index < -0.39 is 8.32 Å². The van der Waals surface area contributed by atoms with Crippen LogP contribution in [0, 0.1) is 0 Å². The first kappa shape index (κ1) is 44.2. The van der Waals surface area contributed by atoms with E-state index in [2.05, 4.69) is 20.8 Å². The highest BCUT2D eigenvalue weighted by molar-refractivity contribution is 6.72. The Morgan fingerprint density at radius 1 is 0.227 bits per heavy atom. The highest BCUT2D eigenvalue weighted by Crippen LogP contribution is 2.28. The average molecular weight is 637 g/mol. The van der Waals surface area contributed by atoms with Crippen LogP contribution in [0.4, 0.5) is 0 Å². The normalized spacial score (nSPS) is 12.0. The van der Waals surface area contributed by atoms with Crippen molar-refractivity contribution in [3.63, 3.8) is 0 Å². The molecule has 0 aliphatic rings. The lowest BCUT2D eigenvalue weighted by Gasteiger charge is -2.25. The van der Waals surface area contributed by atoms with Crippen molar-refractivity contribution in [1.82, 2.24) is 0 Å². The Labute approximate surface area is 282 Å². The van der Waals surface area contributed by atoms with Gasteiger partial charge in [0, 0.05) is 0 Å². The molecule has 0 bridgehead atoms. The summed E-state index contributed by atoms with van der Waals surface area (Å²) in [4.78, 5) is 11.8. The summed E-state index contributed by atoms with van der Waals surface area (Å²) >= 11 is 0. The average Bonchev–Trinajstić information content (AvgIpc) is 3.02. The van der Waals surface area contributed by atoms with Crippen molar-refractivity contribution in [2.24, 2.45) is 0 Å². The molecular formula is C42H88OSi. The second kappa shape index (κ2) is 37.6. The van der Waals surface area contributed by atoms with Crippen molar-refractivity contribution in [3.8, 4) is 0 Å². The summed E-state index contributed by atoms with van der Waals surface area (Å²) in [6.07, 6.45) is 50.9. The zero-order valence-electron chi connectivity index (χ0n) is 31.5. The Kier molecular flexibility index (Phi) is 37.8. The third-order valence-electron chi connectivity index (χ3n) is 10.5. The largest absolute Gasteiger partial charge is 0.432 e. The second-order valence-corrected chi connectivity index (χ2v) is 19.1. The van der Waals surface area contributed by atoms with Gasteiger partial charge in [0.15, 0.2) is 8.32 Å². The fourth-order valence-electron chi connectivity index (χ4n) is 7.26. The van der Waals surface area contributed by atoms with Crippen LogP contribution in [-0.4, -0.2) is 13.1 Å². The van der Waals surface area contributed by atoms with E-state index in [4.69, 9.17) is 0 Å². The summed E-state index contributed by atoms with van der Waals surface area (Å²) in [7, 11) is -2.04. The fourth-order valence-corrected chi connectivity index (χ4v) is 10.7. The van der Waals surface area contributed by atoms with Crippen molar-refractivity contribution in [2.75, 3.05) is 0 Å². The maximum absolute atomic E-state index is 11.8. The van der Waals surface area contributed by atoms with E-state index >= 15 is 0 Å². The quantitative estimate of drug-likeness (QED) is 0.0525. The van der Waals surface area contributed by atoms with Crippen molar-refractivity contribution in [3.05, 3.63) is 0 Å². The van der Waals surface area contributed by atoms with Gasteiger partial charge >= 0.3 is 0 Å². The van der Waals surface area contributed by atoms with Crippen molar-refractivity contribution in [2.45, 2.75) is 270 Å². The molecule has 0 fully saturated rings. The number of unbranched alkanes of at least 4 members (excludes halogenated alkanes) is 33. The van der Waals surface area contributed by atoms with E-state index in [1.165, 1.54) is 249 Å². The molecule has 0 aliphatic carbocycles. The Morgan fingerprint density at radius 3 is 0.523 bits per heavy atom.